The average Bonchev–Trinajstić information content (AvgIpc) is 3.54. The molecule has 198 valence electrons. The van der Waals surface area contributed by atoms with Gasteiger partial charge in [-0.15, -0.1) is 8.78 Å². The number of aliphatic hydroxyl groups is 2. The van der Waals surface area contributed by atoms with Crippen LogP contribution in [0.15, 0.2) is 36.4 Å². The first kappa shape index (κ1) is 22.0. The highest BCUT2D eigenvalue weighted by atomic mass is 19.3. The van der Waals surface area contributed by atoms with Gasteiger partial charge in [-0.2, -0.15) is 0 Å². The lowest BCUT2D eigenvalue weighted by molar-refractivity contribution is -0.286. The zero-order valence-electron chi connectivity index (χ0n) is 23.5. The number of halogens is 3. The molecule has 2 heterocycles. The number of aliphatic hydroxyl groups excluding tert-OH is 2. The molecule has 0 spiro atoms. The average molecular weight is 521 g/mol. The Labute approximate surface area is 216 Å². The fourth-order valence-corrected chi connectivity index (χ4v) is 5.01. The Bertz CT molecular complexity index is 1480. The van der Waals surface area contributed by atoms with Crippen LogP contribution >= 0.6 is 0 Å². The summed E-state index contributed by atoms with van der Waals surface area (Å²) >= 11 is 0. The molecule has 2 aliphatic rings. The lowest BCUT2D eigenvalue weighted by Crippen LogP contribution is -2.26. The van der Waals surface area contributed by atoms with E-state index in [1.54, 1.807) is 19.9 Å². The van der Waals surface area contributed by atoms with Crippen molar-refractivity contribution in [3.8, 4) is 11.5 Å². The van der Waals surface area contributed by atoms with Crippen molar-refractivity contribution in [2.75, 3.05) is 6.61 Å². The van der Waals surface area contributed by atoms with Crippen LogP contribution in [0, 0.1) is 5.82 Å². The number of alkyl halides is 2. The van der Waals surface area contributed by atoms with Gasteiger partial charge in [0.25, 0.3) is 0 Å². The van der Waals surface area contributed by atoms with Crippen LogP contribution in [0.3, 0.4) is 0 Å². The third-order valence-electron chi connectivity index (χ3n) is 7.53. The van der Waals surface area contributed by atoms with Gasteiger partial charge < -0.3 is 24.3 Å². The number of benzene rings is 2. The fraction of sp³-hybridized carbons (Fsp3) is 0.464. The lowest BCUT2D eigenvalue weighted by atomic mass is 9.86. The molecular weight excluding hydrogens is 487 g/mol. The van der Waals surface area contributed by atoms with E-state index in [-0.39, 0.29) is 42.2 Å². The van der Waals surface area contributed by atoms with Crippen molar-refractivity contribution in [3.05, 3.63) is 59.0 Å². The first-order valence-corrected chi connectivity index (χ1v) is 12.2. The number of hydrogen-bond donors (Lipinski definition) is 2. The van der Waals surface area contributed by atoms with Gasteiger partial charge >= 0.3 is 6.29 Å². The minimum Gasteiger partial charge on any atom is -0.395 e. The molecule has 0 bridgehead atoms. The van der Waals surface area contributed by atoms with Crippen LogP contribution in [0.4, 0.5) is 13.2 Å². The largest absolute Gasteiger partial charge is 0.586 e. The van der Waals surface area contributed by atoms with Gasteiger partial charge in [-0.25, -0.2) is 4.39 Å². The summed E-state index contributed by atoms with van der Waals surface area (Å²) in [5, 5.41) is 20.1. The second-order valence-corrected chi connectivity index (χ2v) is 10.2. The smallest absolute Gasteiger partial charge is 0.395 e. The van der Waals surface area contributed by atoms with Crippen LogP contribution < -0.4 is 9.47 Å². The summed E-state index contributed by atoms with van der Waals surface area (Å²) in [5.41, 5.74) is -1.00. The highest BCUT2D eigenvalue weighted by Gasteiger charge is 2.52. The zero-order valence-corrected chi connectivity index (χ0v) is 20.5. The molecule has 6 nitrogen and oxygen atoms in total. The van der Waals surface area contributed by atoms with Crippen LogP contribution in [0.5, 0.6) is 11.5 Å². The van der Waals surface area contributed by atoms with Gasteiger partial charge in [0.1, 0.15) is 11.6 Å². The van der Waals surface area contributed by atoms with Crippen molar-refractivity contribution < 1.29 is 41.8 Å². The molecule has 1 fully saturated rings. The number of ketones is 1. The molecule has 0 amide bonds. The Morgan fingerprint density at radius 2 is 1.95 bits per heavy atom. The summed E-state index contributed by atoms with van der Waals surface area (Å²) in [6.45, 7) is 0.181. The second kappa shape index (κ2) is 8.77. The minimum atomic E-state index is -3.78. The number of hydrogen-bond acceptors (Lipinski definition) is 5. The van der Waals surface area contributed by atoms with E-state index in [4.69, 9.17) is 4.11 Å². The molecule has 5 rings (SSSR count). The number of carbonyl (C=O) groups is 1. The topological polar surface area (TPSA) is 80.9 Å². The molecule has 2 atom stereocenters. The van der Waals surface area contributed by atoms with Gasteiger partial charge in [-0.05, 0) is 60.7 Å². The van der Waals surface area contributed by atoms with Gasteiger partial charge in [0, 0.05) is 27.0 Å². The fourth-order valence-electron chi connectivity index (χ4n) is 5.01. The van der Waals surface area contributed by atoms with Crippen molar-refractivity contribution in [1.82, 2.24) is 4.57 Å². The highest BCUT2D eigenvalue weighted by molar-refractivity contribution is 5.95. The van der Waals surface area contributed by atoms with E-state index in [0.29, 0.717) is 35.0 Å². The Kier molecular flexibility index (Phi) is 5.21. The van der Waals surface area contributed by atoms with Crippen molar-refractivity contribution in [1.29, 1.82) is 0 Å². The SMILES string of the molecule is [2H]C([2H])([2H])C(C)(CC)c1cc2cc(CC(=O)C3(c4ccc5c(c4)OC(F)(F)O5)CC3)c(F)cc2n1C[C@@H](O)CO. The van der Waals surface area contributed by atoms with Crippen LogP contribution in [-0.2, 0) is 28.6 Å². The summed E-state index contributed by atoms with van der Waals surface area (Å²) in [4.78, 5) is 13.5. The molecule has 0 saturated heterocycles. The first-order valence-electron chi connectivity index (χ1n) is 13.7. The molecule has 3 aromatic rings. The Hall–Kier alpha value is -3.04. The van der Waals surface area contributed by atoms with Gasteiger partial charge in [0.2, 0.25) is 0 Å². The Balaban J connectivity index is 1.50. The summed E-state index contributed by atoms with van der Waals surface area (Å²) in [6.07, 6.45) is -4.08. The van der Waals surface area contributed by atoms with Gasteiger partial charge in [-0.1, -0.05) is 26.8 Å². The molecule has 1 saturated carbocycles. The molecule has 2 N–H and O–H groups in total. The number of nitrogens with zero attached hydrogens (tertiary/aromatic N) is 1. The molecular formula is C28H30F3NO5. The summed E-state index contributed by atoms with van der Waals surface area (Å²) in [5.74, 6) is -1.26. The lowest BCUT2D eigenvalue weighted by Gasteiger charge is -2.26. The van der Waals surface area contributed by atoms with Crippen molar-refractivity contribution in [3.63, 3.8) is 0 Å². The van der Waals surface area contributed by atoms with Gasteiger partial charge in [0.05, 0.1) is 30.2 Å². The minimum absolute atomic E-state index is 0.106. The number of carbonyl (C=O) groups excluding carboxylic acids is 1. The predicted molar refractivity (Wildman–Crippen MR) is 131 cm³/mol. The number of Topliss-reactive ketones (excluding diaryl/α,β-unsaturated/α-hetero) is 1. The van der Waals surface area contributed by atoms with E-state index < -0.39 is 42.5 Å². The molecule has 1 unspecified atom stereocenters. The zero-order chi connectivity index (χ0) is 29.3. The Morgan fingerprint density at radius 1 is 1.22 bits per heavy atom. The van der Waals surface area contributed by atoms with Crippen LogP contribution in [0.2, 0.25) is 0 Å². The van der Waals surface area contributed by atoms with Crippen LogP contribution in [-0.4, -0.2) is 39.6 Å². The quantitative estimate of drug-likeness (QED) is 0.416. The van der Waals surface area contributed by atoms with Crippen LogP contribution in [0.1, 0.15) is 60.9 Å². The maximum atomic E-state index is 15.5. The molecule has 0 radical (unpaired) electrons. The molecule has 1 aliphatic heterocycles. The predicted octanol–water partition coefficient (Wildman–Crippen LogP) is 4.99. The number of rotatable bonds is 9. The maximum absolute atomic E-state index is 15.5. The van der Waals surface area contributed by atoms with E-state index in [1.165, 1.54) is 34.9 Å². The van der Waals surface area contributed by atoms with Crippen molar-refractivity contribution >= 4 is 16.7 Å². The third kappa shape index (κ3) is 4.48. The van der Waals surface area contributed by atoms with Crippen molar-refractivity contribution in [2.24, 2.45) is 0 Å². The second-order valence-electron chi connectivity index (χ2n) is 10.2. The van der Waals surface area contributed by atoms with E-state index in [0.717, 1.165) is 0 Å². The first-order chi connectivity index (χ1) is 18.6. The van der Waals surface area contributed by atoms with E-state index in [9.17, 15) is 23.8 Å². The van der Waals surface area contributed by atoms with Gasteiger partial charge in [0.15, 0.2) is 11.5 Å². The van der Waals surface area contributed by atoms with Crippen molar-refractivity contribution in [2.45, 2.75) is 76.2 Å². The molecule has 2 aromatic carbocycles. The molecule has 9 heteroatoms. The van der Waals surface area contributed by atoms with E-state index in [2.05, 4.69) is 9.47 Å². The van der Waals surface area contributed by atoms with Gasteiger partial charge in [-0.3, -0.25) is 4.79 Å². The van der Waals surface area contributed by atoms with E-state index >= 15 is 4.39 Å². The monoisotopic (exact) mass is 520 g/mol. The molecule has 37 heavy (non-hydrogen) atoms. The molecule has 1 aliphatic carbocycles. The standard InChI is InChI=1S/C28H30F3NO5/c1-4-26(2,3)24-10-17-9-16(20(29)13-21(17)32(24)14-19(34)15-33)11-25(35)27(7-8-27)18-5-6-22-23(12-18)37-28(30,31)36-22/h5-6,9-10,12-13,19,33-34H,4,7-8,11,14-15H2,1-3H3/t19-/m1/s1/i2D3/t19-,26?. The molecule has 1 aromatic heterocycles. The highest BCUT2D eigenvalue weighted by Crippen LogP contribution is 2.52. The third-order valence-corrected chi connectivity index (χ3v) is 7.53. The van der Waals surface area contributed by atoms with E-state index in [1.807, 2.05) is 0 Å². The maximum Gasteiger partial charge on any atom is 0.586 e. The summed E-state index contributed by atoms with van der Waals surface area (Å²) in [7, 11) is 0. The number of ether oxygens (including phenoxy) is 2. The summed E-state index contributed by atoms with van der Waals surface area (Å²) < 4.78 is 77.4. The number of fused-ring (bicyclic) bond motifs is 2. The number of aromatic nitrogens is 1. The normalized spacial score (nSPS) is 21.1. The Morgan fingerprint density at radius 3 is 2.59 bits per heavy atom. The summed E-state index contributed by atoms with van der Waals surface area (Å²) in [6, 6.07) is 8.57. The van der Waals surface area contributed by atoms with Crippen LogP contribution in [0.25, 0.3) is 10.9 Å².